The van der Waals surface area contributed by atoms with Crippen molar-refractivity contribution >= 4 is 11.8 Å². The van der Waals surface area contributed by atoms with Crippen LogP contribution in [0.5, 0.6) is 0 Å². The van der Waals surface area contributed by atoms with Crippen LogP contribution in [0.25, 0.3) is 10.4 Å². The van der Waals surface area contributed by atoms with Gasteiger partial charge in [-0.3, -0.25) is 4.90 Å². The van der Waals surface area contributed by atoms with E-state index in [1.807, 2.05) is 0 Å². The number of hydrogen-bond acceptors (Lipinski definition) is 5. The summed E-state index contributed by atoms with van der Waals surface area (Å²) >= 11 is 0. The predicted octanol–water partition coefficient (Wildman–Crippen LogP) is 2.75. The van der Waals surface area contributed by atoms with E-state index in [0.717, 1.165) is 0 Å². The predicted molar refractivity (Wildman–Crippen MR) is 74.8 cm³/mol. The lowest BCUT2D eigenvalue weighted by molar-refractivity contribution is -0.107. The quantitative estimate of drug-likeness (QED) is 0.349. The molecule has 1 saturated heterocycles. The van der Waals surface area contributed by atoms with Crippen LogP contribution in [-0.2, 0) is 14.2 Å². The molecule has 1 aromatic rings. The number of ether oxygens (including phenoxy) is 3. The average molecular weight is 310 g/mol. The molecule has 118 valence electrons. The fraction of sp³-hybridized carbons (Fsp3) is 0.462. The zero-order valence-electron chi connectivity index (χ0n) is 12.1. The summed E-state index contributed by atoms with van der Waals surface area (Å²) in [6.07, 6.45) is -1.98. The first-order valence-electron chi connectivity index (χ1n) is 6.44. The number of amides is 1. The molecule has 8 nitrogen and oxygen atoms in total. The van der Waals surface area contributed by atoms with E-state index in [9.17, 15) is 9.18 Å². The van der Waals surface area contributed by atoms with Gasteiger partial charge in [-0.25, -0.2) is 9.18 Å². The highest BCUT2D eigenvalue weighted by molar-refractivity contribution is 5.89. The second kappa shape index (κ2) is 7.08. The van der Waals surface area contributed by atoms with Gasteiger partial charge in [0.1, 0.15) is 11.9 Å². The van der Waals surface area contributed by atoms with Crippen LogP contribution in [0.2, 0.25) is 0 Å². The van der Waals surface area contributed by atoms with Gasteiger partial charge in [-0.1, -0.05) is 5.11 Å². The van der Waals surface area contributed by atoms with E-state index in [1.54, 1.807) is 6.07 Å². The van der Waals surface area contributed by atoms with Crippen molar-refractivity contribution in [1.82, 2.24) is 0 Å². The lowest BCUT2D eigenvalue weighted by Crippen LogP contribution is -2.25. The molecule has 2 rings (SSSR count). The normalized spacial score (nSPS) is 17.5. The third-order valence-corrected chi connectivity index (χ3v) is 3.20. The molecule has 1 aliphatic heterocycles. The minimum absolute atomic E-state index is 0.0364. The van der Waals surface area contributed by atoms with Gasteiger partial charge in [-0.15, -0.1) is 0 Å². The molecule has 1 aliphatic rings. The molecule has 1 amide bonds. The van der Waals surface area contributed by atoms with Crippen molar-refractivity contribution in [3.8, 4) is 0 Å². The van der Waals surface area contributed by atoms with Crippen molar-refractivity contribution in [3.05, 3.63) is 40.0 Å². The molecule has 1 fully saturated rings. The van der Waals surface area contributed by atoms with E-state index in [1.165, 1.54) is 31.3 Å². The fourth-order valence-corrected chi connectivity index (χ4v) is 2.18. The topological polar surface area (TPSA) is 96.8 Å². The Morgan fingerprint density at radius 2 is 2.27 bits per heavy atom. The average Bonchev–Trinajstić information content (AvgIpc) is 2.88. The van der Waals surface area contributed by atoms with E-state index < -0.39 is 24.3 Å². The summed E-state index contributed by atoms with van der Waals surface area (Å²) in [5, 5.41) is 3.36. The van der Waals surface area contributed by atoms with Crippen LogP contribution in [0.4, 0.5) is 14.9 Å². The third kappa shape index (κ3) is 3.28. The van der Waals surface area contributed by atoms with Crippen molar-refractivity contribution < 1.29 is 23.4 Å². The molecular formula is C13H15FN4O4. The third-order valence-electron chi connectivity index (χ3n) is 3.20. The number of azide groups is 1. The van der Waals surface area contributed by atoms with E-state index in [0.29, 0.717) is 5.69 Å². The molecule has 0 aromatic heterocycles. The van der Waals surface area contributed by atoms with Crippen LogP contribution in [-0.4, -0.2) is 39.5 Å². The van der Waals surface area contributed by atoms with E-state index in [4.69, 9.17) is 19.7 Å². The highest BCUT2D eigenvalue weighted by Crippen LogP contribution is 2.27. The Labute approximate surface area is 126 Å². The maximum absolute atomic E-state index is 14.1. The Morgan fingerprint density at radius 3 is 2.86 bits per heavy atom. The minimum Gasteiger partial charge on any atom is -0.444 e. The van der Waals surface area contributed by atoms with Crippen molar-refractivity contribution in [2.24, 2.45) is 5.11 Å². The molecule has 0 unspecified atom stereocenters. The van der Waals surface area contributed by atoms with Crippen LogP contribution in [0.1, 0.15) is 11.9 Å². The van der Waals surface area contributed by atoms with Gasteiger partial charge >= 0.3 is 6.09 Å². The molecule has 0 radical (unpaired) electrons. The second-order valence-electron chi connectivity index (χ2n) is 4.54. The number of halogens is 1. The zero-order chi connectivity index (χ0) is 16.1. The maximum Gasteiger partial charge on any atom is 0.414 e. The van der Waals surface area contributed by atoms with Crippen LogP contribution in [0, 0.1) is 5.82 Å². The summed E-state index contributed by atoms with van der Waals surface area (Å²) in [5.74, 6) is -0.558. The molecular weight excluding hydrogens is 295 g/mol. The highest BCUT2D eigenvalue weighted by atomic mass is 19.1. The van der Waals surface area contributed by atoms with Gasteiger partial charge in [0.2, 0.25) is 0 Å². The first-order valence-corrected chi connectivity index (χ1v) is 6.44. The van der Waals surface area contributed by atoms with Gasteiger partial charge < -0.3 is 14.2 Å². The van der Waals surface area contributed by atoms with E-state index >= 15 is 0 Å². The first kappa shape index (κ1) is 16.0. The summed E-state index contributed by atoms with van der Waals surface area (Å²) < 4.78 is 29.2. The highest BCUT2D eigenvalue weighted by Gasteiger charge is 2.32. The van der Waals surface area contributed by atoms with Gasteiger partial charge in [0, 0.05) is 24.7 Å². The maximum atomic E-state index is 14.1. The molecule has 0 bridgehead atoms. The number of cyclic esters (lactones) is 1. The molecule has 0 N–H and O–H groups in total. The second-order valence-corrected chi connectivity index (χ2v) is 4.54. The monoisotopic (exact) mass is 310 g/mol. The molecule has 0 saturated carbocycles. The van der Waals surface area contributed by atoms with Gasteiger partial charge in [0.15, 0.2) is 6.29 Å². The van der Waals surface area contributed by atoms with E-state index in [2.05, 4.69) is 10.0 Å². The Bertz CT molecular complexity index is 602. The smallest absolute Gasteiger partial charge is 0.414 e. The lowest BCUT2D eigenvalue weighted by atomic mass is 10.1. The number of carbonyl (C=O) groups is 1. The van der Waals surface area contributed by atoms with Crippen molar-refractivity contribution in [2.45, 2.75) is 12.4 Å². The molecule has 0 aliphatic carbocycles. The van der Waals surface area contributed by atoms with Crippen molar-refractivity contribution in [3.63, 3.8) is 0 Å². The summed E-state index contributed by atoms with van der Waals surface area (Å²) in [4.78, 5) is 15.7. The Morgan fingerprint density at radius 1 is 1.55 bits per heavy atom. The lowest BCUT2D eigenvalue weighted by Gasteiger charge is -2.17. The van der Waals surface area contributed by atoms with Gasteiger partial charge in [0.05, 0.1) is 18.8 Å². The number of carbonyl (C=O) groups excluding carboxylic acids is 1. The van der Waals surface area contributed by atoms with E-state index in [-0.39, 0.29) is 18.7 Å². The molecule has 22 heavy (non-hydrogen) atoms. The van der Waals surface area contributed by atoms with Gasteiger partial charge in [0.25, 0.3) is 0 Å². The molecule has 9 heteroatoms. The largest absolute Gasteiger partial charge is 0.444 e. The number of anilines is 1. The number of methoxy groups -OCH3 is 2. The number of rotatable bonds is 6. The summed E-state index contributed by atoms with van der Waals surface area (Å²) in [6, 6.07) is 4.26. The Balaban J connectivity index is 2.18. The van der Waals surface area contributed by atoms with Crippen LogP contribution < -0.4 is 4.90 Å². The van der Waals surface area contributed by atoms with Gasteiger partial charge in [-0.2, -0.15) is 0 Å². The number of nitrogens with zero attached hydrogens (tertiary/aromatic N) is 4. The molecule has 0 spiro atoms. The van der Waals surface area contributed by atoms with Crippen LogP contribution in [0.3, 0.4) is 0 Å². The number of benzene rings is 1. The summed E-state index contributed by atoms with van der Waals surface area (Å²) in [5.41, 5.74) is 8.85. The summed E-state index contributed by atoms with van der Waals surface area (Å²) in [7, 11) is 2.80. The van der Waals surface area contributed by atoms with Crippen LogP contribution in [0.15, 0.2) is 23.3 Å². The zero-order valence-corrected chi connectivity index (χ0v) is 12.1. The Hall–Kier alpha value is -2.35. The minimum atomic E-state index is -0.822. The summed E-state index contributed by atoms with van der Waals surface area (Å²) in [6.45, 7) is 0.226. The van der Waals surface area contributed by atoms with Crippen molar-refractivity contribution in [1.29, 1.82) is 0 Å². The molecule has 1 aromatic carbocycles. The molecule has 1 atom stereocenters. The van der Waals surface area contributed by atoms with Gasteiger partial charge in [-0.05, 0) is 23.7 Å². The fourth-order valence-electron chi connectivity index (χ4n) is 2.18. The van der Waals surface area contributed by atoms with Crippen molar-refractivity contribution in [2.75, 3.05) is 32.2 Å². The SMILES string of the molecule is COC(OC)c1ccc(N2C[C@@H](CN=[N+]=[N-])OC2=O)cc1F. The number of hydrogen-bond donors (Lipinski definition) is 0. The first-order chi connectivity index (χ1) is 10.6. The standard InChI is InChI=1S/C13H15FN4O4/c1-20-12(21-2)10-4-3-8(5-11(10)14)18-7-9(6-16-17-15)22-13(18)19/h3-5,9,12H,6-7H2,1-2H3/t9-/m1/s1. The Kier molecular flexibility index (Phi) is 5.16. The van der Waals surface area contributed by atoms with Crippen LogP contribution >= 0.6 is 0 Å². The molecule has 1 heterocycles.